The van der Waals surface area contributed by atoms with Crippen molar-refractivity contribution in [3.8, 4) is 11.5 Å². The molecule has 0 amide bonds. The highest BCUT2D eigenvalue weighted by Crippen LogP contribution is 2.42. The predicted octanol–water partition coefficient (Wildman–Crippen LogP) is 4.62. The maximum atomic E-state index is 12.5. The molecule has 27 heavy (non-hydrogen) atoms. The van der Waals surface area contributed by atoms with Crippen LogP contribution in [0.1, 0.15) is 22.8 Å². The number of ether oxygens (including phenoxy) is 3. The summed E-state index contributed by atoms with van der Waals surface area (Å²) in [5, 5.41) is 0.282. The third-order valence-corrected chi connectivity index (χ3v) is 5.15. The van der Waals surface area contributed by atoms with Crippen molar-refractivity contribution in [2.45, 2.75) is 11.8 Å². The van der Waals surface area contributed by atoms with Crippen LogP contribution in [0.4, 0.5) is 0 Å². The lowest BCUT2D eigenvalue weighted by atomic mass is 10.1. The molecular formula is C20H17ClO5S. The Morgan fingerprint density at radius 1 is 1.22 bits per heavy atom. The molecule has 0 aliphatic carbocycles. The standard InChI is InChI=1S/C20H17ClO5S/c1-3-25-15-9-12(8-14(21)20(15)26-11-18(22)24-2)10-17-19(23)13-6-4-5-7-16(13)27-17/h4-10H,3,11H2,1-2H3/b17-10+. The Bertz CT molecular complexity index is 923. The number of fused-ring (bicyclic) bond motifs is 1. The van der Waals surface area contributed by atoms with Gasteiger partial charge in [0.25, 0.3) is 0 Å². The maximum absolute atomic E-state index is 12.5. The minimum atomic E-state index is -0.523. The minimum absolute atomic E-state index is 0.0179. The van der Waals surface area contributed by atoms with E-state index in [4.69, 9.17) is 21.1 Å². The van der Waals surface area contributed by atoms with Gasteiger partial charge >= 0.3 is 5.97 Å². The molecule has 5 nitrogen and oxygen atoms in total. The van der Waals surface area contributed by atoms with Gasteiger partial charge in [-0.15, -0.1) is 0 Å². The van der Waals surface area contributed by atoms with Gasteiger partial charge in [0.1, 0.15) is 0 Å². The zero-order valence-electron chi connectivity index (χ0n) is 14.8. The van der Waals surface area contributed by atoms with E-state index in [0.29, 0.717) is 28.4 Å². The van der Waals surface area contributed by atoms with Crippen molar-refractivity contribution in [3.05, 3.63) is 57.5 Å². The molecular weight excluding hydrogens is 388 g/mol. The number of hydrogen-bond acceptors (Lipinski definition) is 6. The molecule has 140 valence electrons. The smallest absolute Gasteiger partial charge is 0.343 e. The van der Waals surface area contributed by atoms with Crippen molar-refractivity contribution in [3.63, 3.8) is 0 Å². The molecule has 0 fully saturated rings. The number of benzene rings is 2. The zero-order chi connectivity index (χ0) is 19.4. The Morgan fingerprint density at radius 2 is 2.00 bits per heavy atom. The number of halogens is 1. The summed E-state index contributed by atoms with van der Waals surface area (Å²) in [4.78, 5) is 25.4. The number of allylic oxidation sites excluding steroid dienone is 1. The van der Waals surface area contributed by atoms with Crippen LogP contribution in [-0.4, -0.2) is 32.1 Å². The average Bonchev–Trinajstić information content (AvgIpc) is 2.97. The molecule has 0 saturated carbocycles. The van der Waals surface area contributed by atoms with Crippen LogP contribution >= 0.6 is 23.4 Å². The first-order valence-corrected chi connectivity index (χ1v) is 9.42. The molecule has 0 saturated heterocycles. The average molecular weight is 405 g/mol. The van der Waals surface area contributed by atoms with E-state index in [9.17, 15) is 9.59 Å². The lowest BCUT2D eigenvalue weighted by molar-refractivity contribution is -0.142. The first-order chi connectivity index (χ1) is 13.0. The highest BCUT2D eigenvalue weighted by atomic mass is 35.5. The third-order valence-electron chi connectivity index (χ3n) is 3.77. The van der Waals surface area contributed by atoms with Crippen LogP contribution in [0.5, 0.6) is 11.5 Å². The molecule has 1 aliphatic heterocycles. The first kappa shape index (κ1) is 19.3. The summed E-state index contributed by atoms with van der Waals surface area (Å²) in [5.41, 5.74) is 1.40. The van der Waals surface area contributed by atoms with Gasteiger partial charge in [0, 0.05) is 10.5 Å². The second kappa shape index (κ2) is 8.50. The molecule has 1 heterocycles. The monoisotopic (exact) mass is 404 g/mol. The Morgan fingerprint density at radius 3 is 2.70 bits per heavy atom. The summed E-state index contributed by atoms with van der Waals surface area (Å²) in [6.07, 6.45) is 1.77. The minimum Gasteiger partial charge on any atom is -0.490 e. The highest BCUT2D eigenvalue weighted by Gasteiger charge is 2.25. The van der Waals surface area contributed by atoms with E-state index in [2.05, 4.69) is 4.74 Å². The summed E-state index contributed by atoms with van der Waals surface area (Å²) in [5.74, 6) is 0.120. The Labute approximate surface area is 166 Å². The van der Waals surface area contributed by atoms with Crippen molar-refractivity contribution < 1.29 is 23.8 Å². The summed E-state index contributed by atoms with van der Waals surface area (Å²) in [6, 6.07) is 10.9. The largest absolute Gasteiger partial charge is 0.490 e. The van der Waals surface area contributed by atoms with Crippen LogP contribution in [0.15, 0.2) is 46.2 Å². The van der Waals surface area contributed by atoms with Crippen molar-refractivity contribution in [1.29, 1.82) is 0 Å². The van der Waals surface area contributed by atoms with Gasteiger partial charge in [0.2, 0.25) is 5.78 Å². The second-order valence-electron chi connectivity index (χ2n) is 5.56. The molecule has 0 atom stereocenters. The van der Waals surface area contributed by atoms with Crippen LogP contribution in [0.2, 0.25) is 5.02 Å². The van der Waals surface area contributed by atoms with Crippen molar-refractivity contribution in [2.75, 3.05) is 20.3 Å². The maximum Gasteiger partial charge on any atom is 0.343 e. The third kappa shape index (κ3) is 4.28. The van der Waals surface area contributed by atoms with E-state index in [0.717, 1.165) is 4.90 Å². The van der Waals surface area contributed by atoms with Crippen molar-refractivity contribution >= 4 is 41.2 Å². The highest BCUT2D eigenvalue weighted by molar-refractivity contribution is 8.04. The number of carbonyl (C=O) groups excluding carboxylic acids is 2. The number of ketones is 1. The molecule has 0 unspecified atom stereocenters. The molecule has 0 spiro atoms. The van der Waals surface area contributed by atoms with E-state index in [1.165, 1.54) is 18.9 Å². The number of methoxy groups -OCH3 is 1. The number of carbonyl (C=O) groups is 2. The van der Waals surface area contributed by atoms with Gasteiger partial charge in [-0.25, -0.2) is 4.79 Å². The fraction of sp³-hybridized carbons (Fsp3) is 0.200. The first-order valence-electron chi connectivity index (χ1n) is 8.22. The Balaban J connectivity index is 1.91. The number of hydrogen-bond donors (Lipinski definition) is 0. The van der Waals surface area contributed by atoms with Crippen molar-refractivity contribution in [1.82, 2.24) is 0 Å². The van der Waals surface area contributed by atoms with E-state index in [1.54, 1.807) is 18.2 Å². The van der Waals surface area contributed by atoms with Gasteiger partial charge in [0.15, 0.2) is 18.1 Å². The second-order valence-corrected chi connectivity index (χ2v) is 7.05. The molecule has 0 bridgehead atoms. The van der Waals surface area contributed by atoms with Gasteiger partial charge in [0.05, 0.1) is 23.6 Å². The summed E-state index contributed by atoms with van der Waals surface area (Å²) >= 11 is 7.75. The molecule has 3 rings (SSSR count). The molecule has 2 aromatic carbocycles. The van der Waals surface area contributed by atoms with E-state index in [-0.39, 0.29) is 23.2 Å². The predicted molar refractivity (Wildman–Crippen MR) is 105 cm³/mol. The van der Waals surface area contributed by atoms with Crippen LogP contribution in [-0.2, 0) is 9.53 Å². The van der Waals surface area contributed by atoms with Crippen LogP contribution in [0.25, 0.3) is 6.08 Å². The lowest BCUT2D eigenvalue weighted by Gasteiger charge is -2.14. The Kier molecular flexibility index (Phi) is 6.08. The SMILES string of the molecule is CCOc1cc(/C=C2/Sc3ccccc3C2=O)cc(Cl)c1OCC(=O)OC. The number of Topliss-reactive ketones (excluding diaryl/α,β-unsaturated/α-hetero) is 1. The molecule has 7 heteroatoms. The van der Waals surface area contributed by atoms with Gasteiger partial charge in [-0.1, -0.05) is 35.5 Å². The number of rotatable bonds is 6. The van der Waals surface area contributed by atoms with Gasteiger partial charge < -0.3 is 14.2 Å². The van der Waals surface area contributed by atoms with Gasteiger partial charge in [-0.3, -0.25) is 4.79 Å². The fourth-order valence-corrected chi connectivity index (χ4v) is 3.88. The molecule has 2 aromatic rings. The van der Waals surface area contributed by atoms with Crippen LogP contribution in [0, 0.1) is 0 Å². The van der Waals surface area contributed by atoms with E-state index in [1.807, 2.05) is 31.2 Å². The fourth-order valence-electron chi connectivity index (χ4n) is 2.55. The zero-order valence-corrected chi connectivity index (χ0v) is 16.4. The van der Waals surface area contributed by atoms with Crippen LogP contribution in [0.3, 0.4) is 0 Å². The molecule has 0 radical (unpaired) electrons. The topological polar surface area (TPSA) is 61.8 Å². The van der Waals surface area contributed by atoms with E-state index >= 15 is 0 Å². The van der Waals surface area contributed by atoms with E-state index < -0.39 is 5.97 Å². The number of thioether (sulfide) groups is 1. The summed E-state index contributed by atoms with van der Waals surface area (Å²) in [6.45, 7) is 1.94. The normalized spacial score (nSPS) is 14.2. The van der Waals surface area contributed by atoms with Gasteiger partial charge in [-0.05, 0) is 42.8 Å². The van der Waals surface area contributed by atoms with Crippen LogP contribution < -0.4 is 9.47 Å². The molecule has 1 aliphatic rings. The van der Waals surface area contributed by atoms with Gasteiger partial charge in [-0.2, -0.15) is 0 Å². The molecule has 0 aromatic heterocycles. The quantitative estimate of drug-likeness (QED) is 0.517. The summed E-state index contributed by atoms with van der Waals surface area (Å²) < 4.78 is 15.6. The lowest BCUT2D eigenvalue weighted by Crippen LogP contribution is -2.13. The molecule has 0 N–H and O–H groups in total. The Hall–Kier alpha value is -2.44. The van der Waals surface area contributed by atoms with Crippen molar-refractivity contribution in [2.24, 2.45) is 0 Å². The number of esters is 1. The summed E-state index contributed by atoms with van der Waals surface area (Å²) in [7, 11) is 1.28.